The Morgan fingerprint density at radius 3 is 2.15 bits per heavy atom. The number of amides is 1. The Kier molecular flexibility index (Phi) is 4.32. The first-order valence-corrected chi connectivity index (χ1v) is 8.66. The van der Waals surface area contributed by atoms with Gasteiger partial charge < -0.3 is 0 Å². The van der Waals surface area contributed by atoms with Gasteiger partial charge in [-0.1, -0.05) is 66.7 Å². The van der Waals surface area contributed by atoms with Gasteiger partial charge in [0, 0.05) is 11.6 Å². The predicted molar refractivity (Wildman–Crippen MR) is 102 cm³/mol. The van der Waals surface area contributed by atoms with E-state index in [0.717, 1.165) is 6.42 Å². The summed E-state index contributed by atoms with van der Waals surface area (Å²) in [5, 5.41) is 4.07. The predicted octanol–water partition coefficient (Wildman–Crippen LogP) is 3.54. The molecule has 0 unspecified atom stereocenters. The van der Waals surface area contributed by atoms with Gasteiger partial charge in [0.2, 0.25) is 5.91 Å². The quantitative estimate of drug-likeness (QED) is 0.570. The number of nitrogens with one attached hydrogen (secondary N) is 1. The standard InChI is InChI=1S/C22H19N3O/c26-21(25-24-16-19-13-7-8-14-23-19)20-15-22(20,17-9-3-1-4-10-17)18-11-5-2-6-12-18/h1-14,16,20H,15H2,(H,25,26)/t20-/m0/s1. The Morgan fingerprint density at radius 1 is 0.962 bits per heavy atom. The average molecular weight is 341 g/mol. The van der Waals surface area contributed by atoms with Crippen LogP contribution in [0.25, 0.3) is 0 Å². The Morgan fingerprint density at radius 2 is 1.58 bits per heavy atom. The minimum absolute atomic E-state index is 0.0649. The van der Waals surface area contributed by atoms with Gasteiger partial charge in [0.25, 0.3) is 0 Å². The fourth-order valence-corrected chi connectivity index (χ4v) is 3.55. The molecule has 128 valence electrons. The molecule has 2 aromatic carbocycles. The van der Waals surface area contributed by atoms with E-state index >= 15 is 0 Å². The fraction of sp³-hybridized carbons (Fsp3) is 0.136. The molecule has 1 saturated carbocycles. The van der Waals surface area contributed by atoms with Gasteiger partial charge in [0.05, 0.1) is 17.8 Å². The molecule has 4 nitrogen and oxygen atoms in total. The number of carbonyl (C=O) groups is 1. The molecule has 0 saturated heterocycles. The van der Waals surface area contributed by atoms with Crippen molar-refractivity contribution in [3.63, 3.8) is 0 Å². The molecule has 1 aromatic heterocycles. The van der Waals surface area contributed by atoms with E-state index in [1.54, 1.807) is 12.4 Å². The Bertz CT molecular complexity index is 868. The van der Waals surface area contributed by atoms with Crippen LogP contribution >= 0.6 is 0 Å². The second-order valence-electron chi connectivity index (χ2n) is 6.45. The van der Waals surface area contributed by atoms with Crippen LogP contribution in [-0.2, 0) is 10.2 Å². The summed E-state index contributed by atoms with van der Waals surface area (Å²) in [6.45, 7) is 0. The second kappa shape index (κ2) is 6.92. The summed E-state index contributed by atoms with van der Waals surface area (Å²) in [6, 6.07) is 26.0. The molecule has 0 spiro atoms. The highest BCUT2D eigenvalue weighted by Crippen LogP contribution is 2.58. The highest BCUT2D eigenvalue weighted by Gasteiger charge is 2.60. The molecule has 1 aliphatic rings. The number of nitrogens with zero attached hydrogens (tertiary/aromatic N) is 2. The first-order chi connectivity index (χ1) is 12.8. The molecule has 0 bridgehead atoms. The second-order valence-corrected chi connectivity index (χ2v) is 6.45. The third-order valence-electron chi connectivity index (χ3n) is 4.91. The number of hydrazone groups is 1. The van der Waals surface area contributed by atoms with Crippen molar-refractivity contribution in [2.24, 2.45) is 11.0 Å². The lowest BCUT2D eigenvalue weighted by atomic mass is 9.85. The number of benzene rings is 2. The van der Waals surface area contributed by atoms with Gasteiger partial charge in [-0.15, -0.1) is 0 Å². The van der Waals surface area contributed by atoms with E-state index in [2.05, 4.69) is 39.8 Å². The summed E-state index contributed by atoms with van der Waals surface area (Å²) in [7, 11) is 0. The zero-order valence-corrected chi connectivity index (χ0v) is 14.2. The summed E-state index contributed by atoms with van der Waals surface area (Å²) in [6.07, 6.45) is 4.04. The van der Waals surface area contributed by atoms with Gasteiger partial charge in [0.1, 0.15) is 0 Å². The number of aromatic nitrogens is 1. The Balaban J connectivity index is 1.55. The molecule has 26 heavy (non-hydrogen) atoms. The van der Waals surface area contributed by atoms with E-state index in [1.807, 2.05) is 54.6 Å². The maximum Gasteiger partial charge on any atom is 0.244 e. The van der Waals surface area contributed by atoms with Crippen molar-refractivity contribution < 1.29 is 4.79 Å². The number of hydrogen-bond acceptors (Lipinski definition) is 3. The van der Waals surface area contributed by atoms with Crippen LogP contribution in [0, 0.1) is 5.92 Å². The third-order valence-corrected chi connectivity index (χ3v) is 4.91. The van der Waals surface area contributed by atoms with E-state index in [9.17, 15) is 4.79 Å². The summed E-state index contributed by atoms with van der Waals surface area (Å²) >= 11 is 0. The zero-order valence-electron chi connectivity index (χ0n) is 14.2. The van der Waals surface area contributed by atoms with Crippen molar-refractivity contribution in [3.05, 3.63) is 102 Å². The van der Waals surface area contributed by atoms with Crippen LogP contribution in [0.4, 0.5) is 0 Å². The Labute approximate surface area is 152 Å². The lowest BCUT2D eigenvalue weighted by Gasteiger charge is -2.18. The van der Waals surface area contributed by atoms with Crippen molar-refractivity contribution >= 4 is 12.1 Å². The minimum atomic E-state index is -0.271. The van der Waals surface area contributed by atoms with Crippen molar-refractivity contribution in [1.29, 1.82) is 0 Å². The fourth-order valence-electron chi connectivity index (χ4n) is 3.55. The SMILES string of the molecule is O=C(NN=Cc1ccccn1)[C@@H]1CC1(c1ccccc1)c1ccccc1. The first kappa shape index (κ1) is 16.2. The van der Waals surface area contributed by atoms with E-state index in [0.29, 0.717) is 5.69 Å². The molecule has 1 aliphatic carbocycles. The average Bonchev–Trinajstić information content (AvgIpc) is 3.47. The molecule has 0 aliphatic heterocycles. The van der Waals surface area contributed by atoms with Crippen LogP contribution in [0.3, 0.4) is 0 Å². The molecule has 0 radical (unpaired) electrons. The molecule has 1 fully saturated rings. The monoisotopic (exact) mass is 341 g/mol. The van der Waals surface area contributed by atoms with Crippen LogP contribution in [0.1, 0.15) is 23.2 Å². The maximum absolute atomic E-state index is 12.7. The normalized spacial score (nSPS) is 17.8. The highest BCUT2D eigenvalue weighted by molar-refractivity contribution is 5.87. The highest BCUT2D eigenvalue weighted by atomic mass is 16.2. The summed E-state index contributed by atoms with van der Waals surface area (Å²) in [5.41, 5.74) is 5.45. The van der Waals surface area contributed by atoms with Gasteiger partial charge >= 0.3 is 0 Å². The van der Waals surface area contributed by atoms with Gasteiger partial charge in [-0.25, -0.2) is 5.43 Å². The van der Waals surface area contributed by atoms with Crippen molar-refractivity contribution in [1.82, 2.24) is 10.4 Å². The number of hydrogen-bond donors (Lipinski definition) is 1. The molecule has 4 rings (SSSR count). The summed E-state index contributed by atoms with van der Waals surface area (Å²) in [5.74, 6) is -0.196. The zero-order chi connectivity index (χ0) is 17.8. The maximum atomic E-state index is 12.7. The Hall–Kier alpha value is -3.27. The van der Waals surface area contributed by atoms with Crippen LogP contribution in [0.5, 0.6) is 0 Å². The molecule has 4 heteroatoms. The van der Waals surface area contributed by atoms with E-state index in [-0.39, 0.29) is 17.2 Å². The number of carbonyl (C=O) groups excluding carboxylic acids is 1. The van der Waals surface area contributed by atoms with Gasteiger partial charge in [-0.05, 0) is 29.7 Å². The van der Waals surface area contributed by atoms with Crippen LogP contribution in [0.2, 0.25) is 0 Å². The first-order valence-electron chi connectivity index (χ1n) is 8.66. The van der Waals surface area contributed by atoms with Gasteiger partial charge in [-0.2, -0.15) is 5.10 Å². The molecular weight excluding hydrogens is 322 g/mol. The van der Waals surface area contributed by atoms with Crippen molar-refractivity contribution in [2.45, 2.75) is 11.8 Å². The lowest BCUT2D eigenvalue weighted by molar-refractivity contribution is -0.122. The molecule has 1 amide bonds. The van der Waals surface area contributed by atoms with Gasteiger partial charge in [0.15, 0.2) is 0 Å². The minimum Gasteiger partial charge on any atom is -0.273 e. The van der Waals surface area contributed by atoms with E-state index in [1.165, 1.54) is 11.1 Å². The summed E-state index contributed by atoms with van der Waals surface area (Å²) < 4.78 is 0. The van der Waals surface area contributed by atoms with Crippen LogP contribution < -0.4 is 5.43 Å². The molecule has 3 aromatic rings. The smallest absolute Gasteiger partial charge is 0.244 e. The number of pyridine rings is 1. The lowest BCUT2D eigenvalue weighted by Crippen LogP contribution is -2.25. The molecule has 1 atom stereocenters. The van der Waals surface area contributed by atoms with Crippen LogP contribution in [-0.4, -0.2) is 17.1 Å². The van der Waals surface area contributed by atoms with Crippen LogP contribution in [0.15, 0.2) is 90.2 Å². The topological polar surface area (TPSA) is 54.4 Å². The summed E-state index contributed by atoms with van der Waals surface area (Å²) in [4.78, 5) is 16.9. The third kappa shape index (κ3) is 3.02. The number of rotatable bonds is 5. The molecular formula is C22H19N3O. The van der Waals surface area contributed by atoms with Crippen molar-refractivity contribution in [2.75, 3.05) is 0 Å². The molecule has 1 N–H and O–H groups in total. The van der Waals surface area contributed by atoms with E-state index < -0.39 is 0 Å². The van der Waals surface area contributed by atoms with Gasteiger partial charge in [-0.3, -0.25) is 9.78 Å². The van der Waals surface area contributed by atoms with Crippen molar-refractivity contribution in [3.8, 4) is 0 Å². The van der Waals surface area contributed by atoms with E-state index in [4.69, 9.17) is 0 Å². The molecule has 1 heterocycles. The largest absolute Gasteiger partial charge is 0.273 e.